The van der Waals surface area contributed by atoms with Crippen molar-refractivity contribution in [3.63, 3.8) is 0 Å². The van der Waals surface area contributed by atoms with Crippen LogP contribution < -0.4 is 16.1 Å². The zero-order chi connectivity index (χ0) is 20.0. The fourth-order valence-corrected chi connectivity index (χ4v) is 3.97. The number of imide groups is 2. The van der Waals surface area contributed by atoms with Gasteiger partial charge in [-0.15, -0.1) is 0 Å². The fourth-order valence-electron chi connectivity index (χ4n) is 3.97. The monoisotopic (exact) mass is 379 g/mol. The van der Waals surface area contributed by atoms with Crippen molar-refractivity contribution >= 4 is 29.8 Å². The number of nitrogens with one attached hydrogen (secondary N) is 3. The molecule has 3 rings (SSSR count). The van der Waals surface area contributed by atoms with Crippen LogP contribution in [0.5, 0.6) is 0 Å². The summed E-state index contributed by atoms with van der Waals surface area (Å²) in [6.07, 6.45) is 3.55. The van der Waals surface area contributed by atoms with Crippen molar-refractivity contribution in [2.75, 3.05) is 6.54 Å². The quantitative estimate of drug-likeness (QED) is 0.603. The van der Waals surface area contributed by atoms with Crippen molar-refractivity contribution in [3.8, 4) is 0 Å². The molecule has 148 valence electrons. The first-order valence-corrected chi connectivity index (χ1v) is 9.25. The summed E-state index contributed by atoms with van der Waals surface area (Å²) in [5.74, 6) is -1.82. The van der Waals surface area contributed by atoms with Gasteiger partial charge in [-0.2, -0.15) is 5.01 Å². The van der Waals surface area contributed by atoms with E-state index in [9.17, 15) is 24.0 Å². The van der Waals surface area contributed by atoms with E-state index in [0.717, 1.165) is 24.2 Å². The van der Waals surface area contributed by atoms with Crippen molar-refractivity contribution in [1.29, 1.82) is 0 Å². The second-order valence-corrected chi connectivity index (χ2v) is 7.73. The highest BCUT2D eigenvalue weighted by Gasteiger charge is 2.55. The fraction of sp³-hybridized carbons (Fsp3) is 0.706. The van der Waals surface area contributed by atoms with Gasteiger partial charge in [0.15, 0.2) is 0 Å². The van der Waals surface area contributed by atoms with E-state index in [1.165, 1.54) is 0 Å². The third-order valence-electron chi connectivity index (χ3n) is 6.01. The predicted molar refractivity (Wildman–Crippen MR) is 92.8 cm³/mol. The van der Waals surface area contributed by atoms with Gasteiger partial charge in [-0.3, -0.25) is 24.7 Å². The maximum absolute atomic E-state index is 12.9. The smallest absolute Gasteiger partial charge is 0.323 e. The van der Waals surface area contributed by atoms with Crippen molar-refractivity contribution in [2.45, 2.75) is 64.0 Å². The lowest BCUT2D eigenvalue weighted by Gasteiger charge is -2.36. The molecular weight excluding hydrogens is 354 g/mol. The summed E-state index contributed by atoms with van der Waals surface area (Å²) >= 11 is 0. The molecule has 0 aromatic rings. The highest BCUT2D eigenvalue weighted by Crippen LogP contribution is 2.38. The van der Waals surface area contributed by atoms with Crippen LogP contribution in [0.2, 0.25) is 0 Å². The first-order chi connectivity index (χ1) is 12.6. The molecule has 0 aromatic carbocycles. The second kappa shape index (κ2) is 6.50. The van der Waals surface area contributed by atoms with Crippen LogP contribution in [-0.2, 0) is 14.4 Å². The zero-order valence-corrected chi connectivity index (χ0v) is 15.8. The number of rotatable bonds is 4. The Morgan fingerprint density at radius 3 is 2.44 bits per heavy atom. The zero-order valence-electron chi connectivity index (χ0n) is 15.8. The van der Waals surface area contributed by atoms with E-state index in [4.69, 9.17) is 0 Å². The molecule has 10 nitrogen and oxygen atoms in total. The Bertz CT molecular complexity index is 725. The van der Waals surface area contributed by atoms with Crippen LogP contribution >= 0.6 is 0 Å². The summed E-state index contributed by atoms with van der Waals surface area (Å²) in [7, 11) is 0. The molecule has 0 radical (unpaired) electrons. The molecule has 3 unspecified atom stereocenters. The van der Waals surface area contributed by atoms with Crippen LogP contribution in [0.1, 0.15) is 52.9 Å². The minimum Gasteiger partial charge on any atom is -0.323 e. The molecule has 1 spiro atoms. The van der Waals surface area contributed by atoms with Gasteiger partial charge < -0.3 is 10.6 Å². The Kier molecular flexibility index (Phi) is 4.61. The number of nitrogens with zero attached hydrogens (tertiary/aromatic N) is 2. The average Bonchev–Trinajstić information content (AvgIpc) is 2.98. The lowest BCUT2D eigenvalue weighted by atomic mass is 9.73. The molecular formula is C17H25N5O5. The number of carbonyl (C=O) groups excluding carboxylic acids is 5. The van der Waals surface area contributed by atoms with Crippen LogP contribution in [0.4, 0.5) is 9.59 Å². The molecule has 1 saturated carbocycles. The molecule has 3 aliphatic rings. The van der Waals surface area contributed by atoms with Gasteiger partial charge in [0, 0.05) is 0 Å². The van der Waals surface area contributed by atoms with Gasteiger partial charge in [-0.1, -0.05) is 26.7 Å². The normalized spacial score (nSPS) is 33.5. The first-order valence-electron chi connectivity index (χ1n) is 9.25. The number of hydrazine groups is 1. The minimum atomic E-state index is -1.09. The largest absolute Gasteiger partial charge is 0.344 e. The van der Waals surface area contributed by atoms with Crippen LogP contribution in [0.15, 0.2) is 0 Å². The van der Waals surface area contributed by atoms with Gasteiger partial charge in [0.05, 0.1) is 0 Å². The topological polar surface area (TPSA) is 128 Å². The number of amides is 7. The summed E-state index contributed by atoms with van der Waals surface area (Å²) in [4.78, 5) is 62.6. The third kappa shape index (κ3) is 2.92. The Morgan fingerprint density at radius 2 is 1.85 bits per heavy atom. The summed E-state index contributed by atoms with van der Waals surface area (Å²) in [6, 6.07) is -1.37. The molecule has 2 heterocycles. The highest BCUT2D eigenvalue weighted by atomic mass is 16.2. The summed E-state index contributed by atoms with van der Waals surface area (Å²) in [6.45, 7) is 4.66. The molecule has 0 bridgehead atoms. The second-order valence-electron chi connectivity index (χ2n) is 7.73. The van der Waals surface area contributed by atoms with Crippen LogP contribution in [-0.4, -0.2) is 57.3 Å². The van der Waals surface area contributed by atoms with Crippen LogP contribution in [0, 0.1) is 5.92 Å². The van der Waals surface area contributed by atoms with Gasteiger partial charge in [0.2, 0.25) is 0 Å². The summed E-state index contributed by atoms with van der Waals surface area (Å²) in [5, 5.41) is 5.87. The minimum absolute atomic E-state index is 0.0213. The van der Waals surface area contributed by atoms with Gasteiger partial charge in [-0.05, 0) is 32.1 Å². The summed E-state index contributed by atoms with van der Waals surface area (Å²) in [5.41, 5.74) is 0.146. The van der Waals surface area contributed by atoms with E-state index in [0.29, 0.717) is 17.9 Å². The Hall–Kier alpha value is -2.65. The van der Waals surface area contributed by atoms with Crippen molar-refractivity contribution in [3.05, 3.63) is 0 Å². The maximum atomic E-state index is 12.9. The maximum Gasteiger partial charge on any atom is 0.344 e. The standard InChI is InChI=1S/C17H25N5O5/c1-4-16(3)12(24)22(15(27)18-16)20-11(23)9-21-13(25)17(19-14(21)26)8-6-5-7-10(17)2/h10H,4-9H2,1-3H3,(H,18,27)(H,19,26)(H,20,23). The third-order valence-corrected chi connectivity index (χ3v) is 6.01. The highest BCUT2D eigenvalue weighted by molar-refractivity contribution is 6.10. The Balaban J connectivity index is 1.68. The Labute approximate surface area is 157 Å². The molecule has 3 N–H and O–H groups in total. The van der Waals surface area contributed by atoms with E-state index in [-0.39, 0.29) is 5.92 Å². The van der Waals surface area contributed by atoms with Gasteiger partial charge >= 0.3 is 12.1 Å². The lowest BCUT2D eigenvalue weighted by Crippen LogP contribution is -2.55. The SMILES string of the molecule is CCC1(C)NC(=O)N(NC(=O)CN2C(=O)NC3(CCCCC3C)C2=O)C1=O. The Morgan fingerprint density at radius 1 is 1.15 bits per heavy atom. The van der Waals surface area contributed by atoms with Crippen molar-refractivity contribution in [1.82, 2.24) is 26.0 Å². The van der Waals surface area contributed by atoms with Crippen LogP contribution in [0.3, 0.4) is 0 Å². The van der Waals surface area contributed by atoms with Crippen LogP contribution in [0.25, 0.3) is 0 Å². The van der Waals surface area contributed by atoms with Crippen molar-refractivity contribution < 1.29 is 24.0 Å². The number of hydrogen-bond donors (Lipinski definition) is 3. The molecule has 2 aliphatic heterocycles. The van der Waals surface area contributed by atoms with E-state index < -0.39 is 47.4 Å². The molecule has 27 heavy (non-hydrogen) atoms. The molecule has 0 aromatic heterocycles. The average molecular weight is 379 g/mol. The molecule has 7 amide bonds. The molecule has 1 aliphatic carbocycles. The number of hydrogen-bond acceptors (Lipinski definition) is 5. The molecule has 3 atom stereocenters. The van der Waals surface area contributed by atoms with Gasteiger partial charge in [0.1, 0.15) is 17.6 Å². The number of urea groups is 2. The first kappa shape index (κ1) is 19.1. The van der Waals surface area contributed by atoms with E-state index in [2.05, 4.69) is 16.1 Å². The van der Waals surface area contributed by atoms with E-state index in [1.807, 2.05) is 6.92 Å². The summed E-state index contributed by atoms with van der Waals surface area (Å²) < 4.78 is 0. The molecule has 10 heteroatoms. The van der Waals surface area contributed by atoms with E-state index in [1.54, 1.807) is 13.8 Å². The molecule has 2 saturated heterocycles. The predicted octanol–water partition coefficient (Wildman–Crippen LogP) is 0.239. The van der Waals surface area contributed by atoms with Crippen molar-refractivity contribution in [2.24, 2.45) is 5.92 Å². The molecule has 3 fully saturated rings. The lowest BCUT2D eigenvalue weighted by molar-refractivity contribution is -0.141. The van der Waals surface area contributed by atoms with Gasteiger partial charge in [-0.25, -0.2) is 9.59 Å². The number of carbonyl (C=O) groups is 5. The van der Waals surface area contributed by atoms with E-state index >= 15 is 0 Å². The van der Waals surface area contributed by atoms with Gasteiger partial charge in [0.25, 0.3) is 17.7 Å².